The van der Waals surface area contributed by atoms with Gasteiger partial charge in [-0.2, -0.15) is 0 Å². The van der Waals surface area contributed by atoms with Crippen molar-refractivity contribution < 1.29 is 19.5 Å². The summed E-state index contributed by atoms with van der Waals surface area (Å²) in [6.45, 7) is 4.28. The number of nitrogens with zero attached hydrogens (tertiary/aromatic N) is 2. The molecular formula is C15H18N2O4. The Balaban J connectivity index is 2.06. The van der Waals surface area contributed by atoms with Gasteiger partial charge in [-0.15, -0.1) is 0 Å². The van der Waals surface area contributed by atoms with Crippen molar-refractivity contribution in [1.82, 2.24) is 4.90 Å². The van der Waals surface area contributed by atoms with Gasteiger partial charge in [-0.25, -0.2) is 4.79 Å². The van der Waals surface area contributed by atoms with Crippen LogP contribution in [0.4, 0.5) is 0 Å². The molecule has 21 heavy (non-hydrogen) atoms. The molecule has 0 saturated carbocycles. The summed E-state index contributed by atoms with van der Waals surface area (Å²) in [6, 6.07) is 9.61. The van der Waals surface area contributed by atoms with Gasteiger partial charge in [0.2, 0.25) is 6.10 Å². The molecule has 0 aromatic heterocycles. The number of rotatable bonds is 5. The largest absolute Gasteiger partial charge is 0.477 e. The van der Waals surface area contributed by atoms with E-state index in [2.05, 4.69) is 5.16 Å². The molecule has 1 aliphatic rings. The highest BCUT2D eigenvalue weighted by Crippen LogP contribution is 2.17. The standard InChI is InChI=1S/C15H18N2O4/c1-10(2)17(9-11-6-4-3-5-7-11)14(18)13-8-12(15(19)20)16-21-13/h3-7,10,13H,8-9H2,1-2H3,(H,19,20). The smallest absolute Gasteiger partial charge is 0.353 e. The molecule has 1 amide bonds. The van der Waals surface area contributed by atoms with Crippen LogP contribution in [0.15, 0.2) is 35.5 Å². The lowest BCUT2D eigenvalue weighted by Gasteiger charge is -2.28. The summed E-state index contributed by atoms with van der Waals surface area (Å²) < 4.78 is 0. The Morgan fingerprint density at radius 1 is 1.38 bits per heavy atom. The predicted molar refractivity (Wildman–Crippen MR) is 76.7 cm³/mol. The molecule has 1 heterocycles. The van der Waals surface area contributed by atoms with Gasteiger partial charge in [0.05, 0.1) is 0 Å². The molecule has 1 aliphatic heterocycles. The maximum atomic E-state index is 12.5. The van der Waals surface area contributed by atoms with Crippen molar-refractivity contribution in [1.29, 1.82) is 0 Å². The number of hydrogen-bond acceptors (Lipinski definition) is 4. The number of carboxylic acid groups (broad SMARTS) is 1. The molecule has 0 saturated heterocycles. The third-order valence-corrected chi connectivity index (χ3v) is 3.29. The quantitative estimate of drug-likeness (QED) is 0.894. The summed E-state index contributed by atoms with van der Waals surface area (Å²) in [4.78, 5) is 30.0. The number of carbonyl (C=O) groups is 2. The zero-order valence-electron chi connectivity index (χ0n) is 12.0. The van der Waals surface area contributed by atoms with E-state index in [9.17, 15) is 9.59 Å². The SMILES string of the molecule is CC(C)N(Cc1ccccc1)C(=O)C1CC(C(=O)O)=NO1. The van der Waals surface area contributed by atoms with Crippen LogP contribution in [-0.4, -0.2) is 39.7 Å². The average Bonchev–Trinajstić information content (AvgIpc) is 2.95. The first-order valence-corrected chi connectivity index (χ1v) is 6.79. The van der Waals surface area contributed by atoms with Gasteiger partial charge in [-0.3, -0.25) is 4.79 Å². The Bertz CT molecular complexity index is 554. The number of amides is 1. The normalized spacial score (nSPS) is 17.3. The molecule has 2 rings (SSSR count). The maximum Gasteiger partial charge on any atom is 0.353 e. The lowest BCUT2D eigenvalue weighted by atomic mass is 10.1. The van der Waals surface area contributed by atoms with Crippen LogP contribution in [0, 0.1) is 0 Å². The van der Waals surface area contributed by atoms with Gasteiger partial charge in [0, 0.05) is 19.0 Å². The van der Waals surface area contributed by atoms with E-state index in [0.717, 1.165) is 5.56 Å². The molecule has 6 heteroatoms. The summed E-state index contributed by atoms with van der Waals surface area (Å²) in [7, 11) is 0. The van der Waals surface area contributed by atoms with Crippen molar-refractivity contribution in [2.75, 3.05) is 0 Å². The Morgan fingerprint density at radius 2 is 2.05 bits per heavy atom. The molecule has 0 spiro atoms. The lowest BCUT2D eigenvalue weighted by Crippen LogP contribution is -2.43. The minimum Gasteiger partial charge on any atom is -0.477 e. The molecular weight excluding hydrogens is 272 g/mol. The first-order valence-electron chi connectivity index (χ1n) is 6.79. The van der Waals surface area contributed by atoms with Crippen molar-refractivity contribution in [3.05, 3.63) is 35.9 Å². The fourth-order valence-corrected chi connectivity index (χ4v) is 2.12. The van der Waals surface area contributed by atoms with E-state index in [4.69, 9.17) is 9.94 Å². The van der Waals surface area contributed by atoms with E-state index < -0.39 is 12.1 Å². The van der Waals surface area contributed by atoms with Crippen molar-refractivity contribution in [2.24, 2.45) is 5.16 Å². The van der Waals surface area contributed by atoms with Gasteiger partial charge in [0.25, 0.3) is 5.91 Å². The topological polar surface area (TPSA) is 79.2 Å². The molecule has 1 aromatic rings. The summed E-state index contributed by atoms with van der Waals surface area (Å²) >= 11 is 0. The first-order chi connectivity index (χ1) is 9.99. The zero-order valence-corrected chi connectivity index (χ0v) is 12.0. The van der Waals surface area contributed by atoms with Gasteiger partial charge < -0.3 is 14.8 Å². The fraction of sp³-hybridized carbons (Fsp3) is 0.400. The highest BCUT2D eigenvalue weighted by Gasteiger charge is 2.35. The van der Waals surface area contributed by atoms with Crippen molar-refractivity contribution in [3.63, 3.8) is 0 Å². The molecule has 0 bridgehead atoms. The molecule has 1 N–H and O–H groups in total. The van der Waals surface area contributed by atoms with Crippen LogP contribution in [-0.2, 0) is 21.0 Å². The minimum absolute atomic E-state index is 0.00613. The van der Waals surface area contributed by atoms with Crippen LogP contribution in [0.5, 0.6) is 0 Å². The molecule has 0 aliphatic carbocycles. The second-order valence-electron chi connectivity index (χ2n) is 5.19. The Morgan fingerprint density at radius 3 is 2.57 bits per heavy atom. The van der Waals surface area contributed by atoms with Crippen molar-refractivity contribution in [3.8, 4) is 0 Å². The van der Waals surface area contributed by atoms with E-state index in [-0.39, 0.29) is 24.1 Å². The van der Waals surface area contributed by atoms with E-state index >= 15 is 0 Å². The van der Waals surface area contributed by atoms with Gasteiger partial charge in [-0.05, 0) is 19.4 Å². The molecule has 1 aromatic carbocycles. The first kappa shape index (κ1) is 15.0. The van der Waals surface area contributed by atoms with Crippen molar-refractivity contribution >= 4 is 17.6 Å². The van der Waals surface area contributed by atoms with Gasteiger partial charge >= 0.3 is 5.97 Å². The van der Waals surface area contributed by atoms with Crippen LogP contribution < -0.4 is 0 Å². The van der Waals surface area contributed by atoms with Gasteiger partial charge in [0.1, 0.15) is 0 Å². The second kappa shape index (κ2) is 6.39. The summed E-state index contributed by atoms with van der Waals surface area (Å²) in [6.07, 6.45) is -0.839. The molecule has 6 nitrogen and oxygen atoms in total. The molecule has 0 radical (unpaired) electrons. The number of benzene rings is 1. The zero-order chi connectivity index (χ0) is 15.4. The van der Waals surface area contributed by atoms with Crippen LogP contribution in [0.2, 0.25) is 0 Å². The number of carboxylic acids is 1. The third kappa shape index (κ3) is 3.59. The lowest BCUT2D eigenvalue weighted by molar-refractivity contribution is -0.144. The monoisotopic (exact) mass is 290 g/mol. The molecule has 1 atom stereocenters. The number of aliphatic carboxylic acids is 1. The number of carbonyl (C=O) groups excluding carboxylic acids is 1. The minimum atomic E-state index is -1.15. The fourth-order valence-electron chi connectivity index (χ4n) is 2.12. The van der Waals surface area contributed by atoms with Crippen LogP contribution >= 0.6 is 0 Å². The average molecular weight is 290 g/mol. The van der Waals surface area contributed by atoms with E-state index in [1.54, 1.807) is 4.90 Å². The van der Waals surface area contributed by atoms with E-state index in [1.807, 2.05) is 44.2 Å². The third-order valence-electron chi connectivity index (χ3n) is 3.29. The predicted octanol–water partition coefficient (Wildman–Crippen LogP) is 1.65. The van der Waals surface area contributed by atoms with Crippen molar-refractivity contribution in [2.45, 2.75) is 39.0 Å². The summed E-state index contributed by atoms with van der Waals surface area (Å²) in [5, 5.41) is 12.3. The molecule has 112 valence electrons. The van der Waals surface area contributed by atoms with E-state index in [1.165, 1.54) is 0 Å². The summed E-state index contributed by atoms with van der Waals surface area (Å²) in [5.41, 5.74) is 0.897. The maximum absolute atomic E-state index is 12.5. The van der Waals surface area contributed by atoms with Crippen LogP contribution in [0.25, 0.3) is 0 Å². The molecule has 1 unspecified atom stereocenters. The molecule has 0 fully saturated rings. The Hall–Kier alpha value is -2.37. The number of oxime groups is 1. The Labute approximate surface area is 123 Å². The van der Waals surface area contributed by atoms with Gasteiger partial charge in [0.15, 0.2) is 5.71 Å². The summed E-state index contributed by atoms with van der Waals surface area (Å²) in [5.74, 6) is -1.39. The van der Waals surface area contributed by atoms with E-state index in [0.29, 0.717) is 6.54 Å². The highest BCUT2D eigenvalue weighted by molar-refractivity contribution is 6.36. The van der Waals surface area contributed by atoms with Gasteiger partial charge in [-0.1, -0.05) is 35.5 Å². The highest BCUT2D eigenvalue weighted by atomic mass is 16.6. The van der Waals surface area contributed by atoms with Crippen LogP contribution in [0.1, 0.15) is 25.8 Å². The Kier molecular flexibility index (Phi) is 4.57. The number of hydrogen-bond donors (Lipinski definition) is 1. The van der Waals surface area contributed by atoms with Crippen LogP contribution in [0.3, 0.4) is 0 Å². The second-order valence-corrected chi connectivity index (χ2v) is 5.19.